The van der Waals surface area contributed by atoms with E-state index in [4.69, 9.17) is 15.2 Å². The maximum absolute atomic E-state index is 15.2. The largest absolute Gasteiger partial charge is 0.489 e. The summed E-state index contributed by atoms with van der Waals surface area (Å²) in [5, 5.41) is 4.23. The molecular weight excluding hydrogens is 555 g/mol. The van der Waals surface area contributed by atoms with E-state index in [0.717, 1.165) is 12.8 Å². The molecule has 1 saturated carbocycles. The third-order valence-electron chi connectivity index (χ3n) is 7.37. The van der Waals surface area contributed by atoms with Crippen molar-refractivity contribution in [1.29, 1.82) is 0 Å². The van der Waals surface area contributed by atoms with E-state index >= 15 is 4.39 Å². The van der Waals surface area contributed by atoms with Crippen molar-refractivity contribution in [3.8, 4) is 22.8 Å². The highest BCUT2D eigenvalue weighted by atomic mass is 32.2. The number of pyridine rings is 2. The number of hydrogen-bond donors (Lipinski definition) is 1. The molecule has 0 aromatic carbocycles. The van der Waals surface area contributed by atoms with E-state index < -0.39 is 28.0 Å². The zero-order chi connectivity index (χ0) is 28.7. The van der Waals surface area contributed by atoms with Gasteiger partial charge in [-0.2, -0.15) is 5.10 Å². The zero-order valence-corrected chi connectivity index (χ0v) is 22.9. The Morgan fingerprint density at radius 1 is 1.05 bits per heavy atom. The molecule has 2 aliphatic heterocycles. The lowest BCUT2D eigenvalue weighted by Crippen LogP contribution is -2.49. The van der Waals surface area contributed by atoms with Gasteiger partial charge in [-0.1, -0.05) is 0 Å². The predicted octanol–water partition coefficient (Wildman–Crippen LogP) is 1.51. The summed E-state index contributed by atoms with van der Waals surface area (Å²) >= 11 is 0. The van der Waals surface area contributed by atoms with E-state index in [0.29, 0.717) is 22.6 Å². The molecule has 2 atom stereocenters. The molecule has 3 aromatic heterocycles. The van der Waals surface area contributed by atoms with Crippen LogP contribution in [0.2, 0.25) is 0 Å². The van der Waals surface area contributed by atoms with Crippen LogP contribution in [0.15, 0.2) is 43.0 Å². The molecule has 0 spiro atoms. The van der Waals surface area contributed by atoms with Crippen molar-refractivity contribution in [1.82, 2.24) is 24.6 Å². The second-order valence-corrected chi connectivity index (χ2v) is 12.8. The fourth-order valence-corrected chi connectivity index (χ4v) is 6.25. The van der Waals surface area contributed by atoms with Gasteiger partial charge in [-0.05, 0) is 31.0 Å². The number of amides is 2. The SMILES string of the molecule is NC(=O)c1cc(-c2cnn(C3CS(=O)(=O)C3)c2)cnc1O[C@H]1CCN(C(=O)Cc2ccc(OC3CC3)cn2)C[C@H]1F. The number of nitrogens with zero attached hydrogens (tertiary/aromatic N) is 5. The number of likely N-dealkylation sites (tertiary alicyclic amines) is 1. The molecule has 0 radical (unpaired) electrons. The first-order valence-corrected chi connectivity index (χ1v) is 15.2. The Balaban J connectivity index is 1.07. The number of ether oxygens (including phenoxy) is 2. The third kappa shape index (κ3) is 6.16. The summed E-state index contributed by atoms with van der Waals surface area (Å²) in [7, 11) is -3.01. The Labute approximate surface area is 235 Å². The molecule has 12 nitrogen and oxygen atoms in total. The Morgan fingerprint density at radius 3 is 2.51 bits per heavy atom. The maximum atomic E-state index is 15.2. The number of aromatic nitrogens is 4. The molecule has 0 unspecified atom stereocenters. The van der Waals surface area contributed by atoms with Crippen molar-refractivity contribution < 1.29 is 31.9 Å². The lowest BCUT2D eigenvalue weighted by Gasteiger charge is -2.34. The molecule has 0 bridgehead atoms. The third-order valence-corrected chi connectivity index (χ3v) is 9.16. The Bertz CT molecular complexity index is 1560. The summed E-state index contributed by atoms with van der Waals surface area (Å²) in [6.07, 6.45) is 6.44. The van der Waals surface area contributed by atoms with Crippen LogP contribution in [0.5, 0.6) is 11.6 Å². The maximum Gasteiger partial charge on any atom is 0.254 e. The topological polar surface area (TPSA) is 160 Å². The van der Waals surface area contributed by atoms with Crippen molar-refractivity contribution >= 4 is 21.7 Å². The normalized spacial score (nSPS) is 22.1. The lowest BCUT2D eigenvalue weighted by molar-refractivity contribution is -0.134. The molecule has 14 heteroatoms. The quantitative estimate of drug-likeness (QED) is 0.393. The molecule has 6 rings (SSSR count). The minimum atomic E-state index is -3.01. The number of sulfone groups is 1. The van der Waals surface area contributed by atoms with Crippen LogP contribution in [0, 0.1) is 0 Å². The van der Waals surface area contributed by atoms with Crippen LogP contribution in [-0.2, 0) is 21.1 Å². The summed E-state index contributed by atoms with van der Waals surface area (Å²) in [5.41, 5.74) is 7.27. The fourth-order valence-electron chi connectivity index (χ4n) is 4.87. The van der Waals surface area contributed by atoms with Crippen molar-refractivity contribution in [3.05, 3.63) is 54.2 Å². The summed E-state index contributed by atoms with van der Waals surface area (Å²) in [4.78, 5) is 35.0. The number of carbonyl (C=O) groups is 2. The Kier molecular flexibility index (Phi) is 7.09. The second kappa shape index (κ2) is 10.7. The van der Waals surface area contributed by atoms with Crippen molar-refractivity contribution in [2.24, 2.45) is 5.73 Å². The number of piperidine rings is 1. The van der Waals surface area contributed by atoms with E-state index in [1.54, 1.807) is 35.4 Å². The fraction of sp³-hybridized carbons (Fsp3) is 0.444. The van der Waals surface area contributed by atoms with E-state index in [1.807, 2.05) is 0 Å². The zero-order valence-electron chi connectivity index (χ0n) is 22.1. The van der Waals surface area contributed by atoms with Crippen molar-refractivity contribution in [3.63, 3.8) is 0 Å². The van der Waals surface area contributed by atoms with Gasteiger partial charge in [-0.15, -0.1) is 0 Å². The summed E-state index contributed by atoms with van der Waals surface area (Å²) in [5.74, 6) is -0.404. The first-order chi connectivity index (χ1) is 19.6. The van der Waals surface area contributed by atoms with Gasteiger partial charge in [0.15, 0.2) is 16.0 Å². The van der Waals surface area contributed by atoms with Crippen LogP contribution in [0.4, 0.5) is 4.39 Å². The van der Waals surface area contributed by atoms with Gasteiger partial charge in [0.25, 0.3) is 5.91 Å². The van der Waals surface area contributed by atoms with Crippen LogP contribution >= 0.6 is 0 Å². The van der Waals surface area contributed by atoms with Gasteiger partial charge in [0.2, 0.25) is 11.8 Å². The van der Waals surface area contributed by atoms with Crippen LogP contribution in [-0.4, -0.2) is 87.9 Å². The minimum Gasteiger partial charge on any atom is -0.489 e. The van der Waals surface area contributed by atoms with Gasteiger partial charge in [-0.25, -0.2) is 17.8 Å². The Morgan fingerprint density at radius 2 is 1.85 bits per heavy atom. The van der Waals surface area contributed by atoms with E-state index in [2.05, 4.69) is 15.1 Å². The van der Waals surface area contributed by atoms with E-state index in [9.17, 15) is 18.0 Å². The molecule has 1 aliphatic carbocycles. The number of primary amides is 1. The standard InChI is InChI=1S/C27H29FN6O6S/c28-23-13-33(25(35)8-18-1-2-21(11-30-18)39-20-3-4-20)6-5-24(23)40-27-22(26(29)36)7-16(9-31-27)17-10-32-34(12-17)19-14-41(37,38)15-19/h1-2,7,9-12,19-20,23-24H,3-6,8,13-15H2,(H2,29,36)/t23-,24+/m1/s1. The molecule has 3 aromatic rings. The van der Waals surface area contributed by atoms with Crippen LogP contribution < -0.4 is 15.2 Å². The second-order valence-electron chi connectivity index (χ2n) is 10.7. The average Bonchev–Trinajstić information content (AvgIpc) is 3.61. The van der Waals surface area contributed by atoms with Gasteiger partial charge >= 0.3 is 0 Å². The lowest BCUT2D eigenvalue weighted by atomic mass is 10.0. The number of rotatable bonds is 9. The molecule has 41 heavy (non-hydrogen) atoms. The highest BCUT2D eigenvalue weighted by Crippen LogP contribution is 2.30. The van der Waals surface area contributed by atoms with Gasteiger partial charge in [0, 0.05) is 42.2 Å². The molecule has 3 fully saturated rings. The van der Waals surface area contributed by atoms with Gasteiger partial charge in [-0.3, -0.25) is 19.3 Å². The van der Waals surface area contributed by atoms with Gasteiger partial charge in [0.1, 0.15) is 17.4 Å². The summed E-state index contributed by atoms with van der Waals surface area (Å²) in [6, 6.07) is 4.78. The van der Waals surface area contributed by atoms with E-state index in [1.165, 1.54) is 17.2 Å². The molecule has 5 heterocycles. The van der Waals surface area contributed by atoms with Crippen molar-refractivity contribution in [2.75, 3.05) is 24.6 Å². The molecular formula is C27H29FN6O6S. The molecule has 2 amide bonds. The highest BCUT2D eigenvalue weighted by molar-refractivity contribution is 7.92. The average molecular weight is 585 g/mol. The first kappa shape index (κ1) is 27.1. The predicted molar refractivity (Wildman–Crippen MR) is 144 cm³/mol. The van der Waals surface area contributed by atoms with Crippen LogP contribution in [0.25, 0.3) is 11.1 Å². The summed E-state index contributed by atoms with van der Waals surface area (Å²) < 4.78 is 51.2. The number of hydrogen-bond acceptors (Lipinski definition) is 9. The highest BCUT2D eigenvalue weighted by Gasteiger charge is 2.36. The molecule has 216 valence electrons. The number of carbonyl (C=O) groups excluding carboxylic acids is 2. The first-order valence-electron chi connectivity index (χ1n) is 13.4. The minimum absolute atomic E-state index is 0.0210. The molecule has 2 N–H and O–H groups in total. The van der Waals surface area contributed by atoms with Crippen molar-refractivity contribution in [2.45, 2.75) is 50.1 Å². The van der Waals surface area contributed by atoms with Crippen LogP contribution in [0.1, 0.15) is 41.4 Å². The number of halogens is 1. The van der Waals surface area contributed by atoms with Gasteiger partial charge in [0.05, 0.1) is 49.0 Å². The molecule has 2 saturated heterocycles. The Hall–Kier alpha value is -4.07. The number of nitrogens with two attached hydrogens (primary N) is 1. The monoisotopic (exact) mass is 584 g/mol. The van der Waals surface area contributed by atoms with Gasteiger partial charge < -0.3 is 20.1 Å². The summed E-state index contributed by atoms with van der Waals surface area (Å²) in [6.45, 7) is 0.110. The smallest absolute Gasteiger partial charge is 0.254 e. The molecule has 3 aliphatic rings. The van der Waals surface area contributed by atoms with E-state index in [-0.39, 0.29) is 66.9 Å². The van der Waals surface area contributed by atoms with Crippen LogP contribution in [0.3, 0.4) is 0 Å². The number of alkyl halides is 1.